The highest BCUT2D eigenvalue weighted by atomic mass is 16.4. The van der Waals surface area contributed by atoms with Gasteiger partial charge in [0, 0.05) is 25.2 Å². The summed E-state index contributed by atoms with van der Waals surface area (Å²) in [6, 6.07) is 0.266. The van der Waals surface area contributed by atoms with E-state index in [4.69, 9.17) is 0 Å². The molecule has 1 aliphatic rings. The van der Waals surface area contributed by atoms with Crippen molar-refractivity contribution in [1.29, 1.82) is 0 Å². The van der Waals surface area contributed by atoms with Crippen molar-refractivity contribution >= 4 is 12.0 Å². The molecule has 0 saturated carbocycles. The molecule has 2 unspecified atom stereocenters. The van der Waals surface area contributed by atoms with Gasteiger partial charge in [-0.05, 0) is 33.7 Å². The average molecular weight is 285 g/mol. The lowest BCUT2D eigenvalue weighted by Crippen LogP contribution is -2.62. The molecule has 6 heteroatoms. The maximum atomic E-state index is 12.4. The molecule has 0 radical (unpaired) electrons. The number of hydrogen-bond acceptors (Lipinski definition) is 3. The van der Waals surface area contributed by atoms with E-state index in [2.05, 4.69) is 24.1 Å². The summed E-state index contributed by atoms with van der Waals surface area (Å²) in [6.45, 7) is 8.95. The normalized spacial score (nSPS) is 24.6. The Morgan fingerprint density at radius 2 is 1.65 bits per heavy atom. The Kier molecular flexibility index (Phi) is 5.39. The summed E-state index contributed by atoms with van der Waals surface area (Å²) >= 11 is 0. The number of carboxylic acid groups (broad SMARTS) is 1. The highest BCUT2D eigenvalue weighted by Gasteiger charge is 2.39. The first-order chi connectivity index (χ1) is 9.27. The summed E-state index contributed by atoms with van der Waals surface area (Å²) in [5, 5.41) is 12.1. The number of urea groups is 1. The number of aliphatic carboxylic acids is 1. The van der Waals surface area contributed by atoms with E-state index in [1.807, 2.05) is 7.05 Å². The molecule has 0 aliphatic carbocycles. The Balaban J connectivity index is 2.78. The second kappa shape index (κ2) is 6.43. The molecule has 1 aliphatic heterocycles. The summed E-state index contributed by atoms with van der Waals surface area (Å²) in [4.78, 5) is 27.8. The van der Waals surface area contributed by atoms with Crippen molar-refractivity contribution in [3.8, 4) is 0 Å². The van der Waals surface area contributed by atoms with E-state index in [-0.39, 0.29) is 18.1 Å². The highest BCUT2D eigenvalue weighted by Crippen LogP contribution is 2.18. The van der Waals surface area contributed by atoms with Crippen LogP contribution in [0.4, 0.5) is 4.79 Å². The molecule has 2 atom stereocenters. The fourth-order valence-electron chi connectivity index (χ4n) is 2.64. The molecule has 6 nitrogen and oxygen atoms in total. The lowest BCUT2D eigenvalue weighted by atomic mass is 9.93. The van der Waals surface area contributed by atoms with Crippen molar-refractivity contribution in [3.63, 3.8) is 0 Å². The van der Waals surface area contributed by atoms with E-state index < -0.39 is 11.5 Å². The number of carboxylic acids is 1. The van der Waals surface area contributed by atoms with Gasteiger partial charge in [-0.1, -0.05) is 13.8 Å². The molecular weight excluding hydrogens is 258 g/mol. The minimum Gasteiger partial charge on any atom is -0.480 e. The van der Waals surface area contributed by atoms with Crippen molar-refractivity contribution in [3.05, 3.63) is 0 Å². The third-order valence-corrected chi connectivity index (χ3v) is 4.61. The van der Waals surface area contributed by atoms with E-state index in [0.29, 0.717) is 25.9 Å². The summed E-state index contributed by atoms with van der Waals surface area (Å²) in [5.74, 6) is -0.967. The summed E-state index contributed by atoms with van der Waals surface area (Å²) in [6.07, 6.45) is 0.757. The molecule has 116 valence electrons. The predicted octanol–water partition coefficient (Wildman–Crippen LogP) is 1.36. The quantitative estimate of drug-likeness (QED) is 0.818. The topological polar surface area (TPSA) is 72.9 Å². The number of piperazine rings is 1. The third kappa shape index (κ3) is 3.23. The summed E-state index contributed by atoms with van der Waals surface area (Å²) < 4.78 is 0. The van der Waals surface area contributed by atoms with Gasteiger partial charge >= 0.3 is 12.0 Å². The zero-order chi connectivity index (χ0) is 15.5. The minimum atomic E-state index is -1.16. The fraction of sp³-hybridized carbons (Fsp3) is 0.857. The van der Waals surface area contributed by atoms with Crippen molar-refractivity contribution in [2.24, 2.45) is 0 Å². The van der Waals surface area contributed by atoms with E-state index in [0.717, 1.165) is 0 Å². The van der Waals surface area contributed by atoms with Gasteiger partial charge in [0.2, 0.25) is 0 Å². The SMILES string of the molecule is CCC(CC)(NC(=O)N1CC(C)N(C)C(C)C1)C(=O)O. The lowest BCUT2D eigenvalue weighted by molar-refractivity contribution is -0.144. The van der Waals surface area contributed by atoms with Crippen LogP contribution in [0.25, 0.3) is 0 Å². The van der Waals surface area contributed by atoms with Crippen LogP contribution in [0, 0.1) is 0 Å². The maximum Gasteiger partial charge on any atom is 0.329 e. The number of nitrogens with one attached hydrogen (secondary N) is 1. The third-order valence-electron chi connectivity index (χ3n) is 4.61. The molecule has 2 N–H and O–H groups in total. The zero-order valence-electron chi connectivity index (χ0n) is 13.1. The van der Waals surface area contributed by atoms with Crippen LogP contribution in [0.3, 0.4) is 0 Å². The fourth-order valence-corrected chi connectivity index (χ4v) is 2.64. The molecule has 1 fully saturated rings. The standard InChI is InChI=1S/C14H27N3O3/c1-6-14(7-2,12(18)19)15-13(20)17-8-10(3)16(5)11(4)9-17/h10-11H,6-9H2,1-5H3,(H,15,20)(H,18,19). The molecule has 0 aromatic rings. The highest BCUT2D eigenvalue weighted by molar-refractivity contribution is 5.86. The number of rotatable bonds is 4. The van der Waals surface area contributed by atoms with Crippen LogP contribution < -0.4 is 5.32 Å². The van der Waals surface area contributed by atoms with E-state index >= 15 is 0 Å². The molecule has 1 heterocycles. The van der Waals surface area contributed by atoms with Gasteiger partial charge in [0.25, 0.3) is 0 Å². The molecule has 1 rings (SSSR count). The summed E-state index contributed by atoms with van der Waals surface area (Å²) in [5.41, 5.74) is -1.16. The monoisotopic (exact) mass is 285 g/mol. The Hall–Kier alpha value is -1.30. The zero-order valence-corrected chi connectivity index (χ0v) is 13.1. The van der Waals surface area contributed by atoms with Crippen molar-refractivity contribution < 1.29 is 14.7 Å². The van der Waals surface area contributed by atoms with Gasteiger partial charge in [-0.15, -0.1) is 0 Å². The minimum absolute atomic E-state index is 0.270. The van der Waals surface area contributed by atoms with Crippen molar-refractivity contribution in [2.45, 2.75) is 58.2 Å². The largest absolute Gasteiger partial charge is 0.480 e. The molecule has 0 spiro atoms. The number of carbonyl (C=O) groups excluding carboxylic acids is 1. The first-order valence-electron chi connectivity index (χ1n) is 7.29. The molecule has 0 aromatic carbocycles. The van der Waals surface area contributed by atoms with Gasteiger partial charge in [0.15, 0.2) is 0 Å². The average Bonchev–Trinajstić information content (AvgIpc) is 2.41. The molecule has 0 aromatic heterocycles. The second-order valence-corrected chi connectivity index (χ2v) is 5.79. The number of carbonyl (C=O) groups is 2. The summed E-state index contributed by atoms with van der Waals surface area (Å²) in [7, 11) is 2.05. The lowest BCUT2D eigenvalue weighted by Gasteiger charge is -2.43. The van der Waals surface area contributed by atoms with Crippen molar-refractivity contribution in [1.82, 2.24) is 15.1 Å². The van der Waals surface area contributed by atoms with Gasteiger partial charge in [0.05, 0.1) is 0 Å². The van der Waals surface area contributed by atoms with Crippen LogP contribution in [0.2, 0.25) is 0 Å². The van der Waals surface area contributed by atoms with E-state index in [1.165, 1.54) is 0 Å². The van der Waals surface area contributed by atoms with Crippen LogP contribution in [0.1, 0.15) is 40.5 Å². The molecule has 0 bridgehead atoms. The Morgan fingerprint density at radius 1 is 1.20 bits per heavy atom. The first-order valence-corrected chi connectivity index (χ1v) is 7.29. The van der Waals surface area contributed by atoms with Crippen LogP contribution in [-0.4, -0.2) is 64.7 Å². The maximum absolute atomic E-state index is 12.4. The molecule has 1 saturated heterocycles. The number of likely N-dealkylation sites (N-methyl/N-ethyl adjacent to an activating group) is 1. The van der Waals surface area contributed by atoms with Crippen LogP contribution in [0.15, 0.2) is 0 Å². The van der Waals surface area contributed by atoms with Gasteiger partial charge in [-0.2, -0.15) is 0 Å². The van der Waals surface area contributed by atoms with E-state index in [9.17, 15) is 14.7 Å². The molecule has 2 amide bonds. The van der Waals surface area contributed by atoms with Crippen LogP contribution in [0.5, 0.6) is 0 Å². The van der Waals surface area contributed by atoms with Gasteiger partial charge < -0.3 is 15.3 Å². The Morgan fingerprint density at radius 3 is 2.00 bits per heavy atom. The number of hydrogen-bond donors (Lipinski definition) is 2. The second-order valence-electron chi connectivity index (χ2n) is 5.79. The molecule has 20 heavy (non-hydrogen) atoms. The van der Waals surface area contributed by atoms with E-state index in [1.54, 1.807) is 18.7 Å². The predicted molar refractivity (Wildman–Crippen MR) is 77.7 cm³/mol. The van der Waals surface area contributed by atoms with Gasteiger partial charge in [-0.25, -0.2) is 9.59 Å². The number of amides is 2. The van der Waals surface area contributed by atoms with Crippen molar-refractivity contribution in [2.75, 3.05) is 20.1 Å². The van der Waals surface area contributed by atoms with Gasteiger partial charge in [-0.3, -0.25) is 4.90 Å². The van der Waals surface area contributed by atoms with Gasteiger partial charge in [0.1, 0.15) is 5.54 Å². The number of nitrogens with zero attached hydrogens (tertiary/aromatic N) is 2. The Bertz CT molecular complexity index is 357. The van der Waals surface area contributed by atoms with Crippen LogP contribution in [-0.2, 0) is 4.79 Å². The molecular formula is C14H27N3O3. The smallest absolute Gasteiger partial charge is 0.329 e. The Labute approximate surface area is 121 Å². The van der Waals surface area contributed by atoms with Crippen LogP contribution >= 0.6 is 0 Å². The first kappa shape index (κ1) is 16.8.